The number of methoxy groups -OCH3 is 1. The quantitative estimate of drug-likeness (QED) is 0.810. The minimum Gasteiger partial charge on any atom is -0.477 e. The van der Waals surface area contributed by atoms with E-state index >= 15 is 0 Å². The van der Waals surface area contributed by atoms with Crippen molar-refractivity contribution in [3.8, 4) is 0 Å². The summed E-state index contributed by atoms with van der Waals surface area (Å²) in [6.45, 7) is 2.20. The number of carboxylic acid groups (broad SMARTS) is 1. The van der Waals surface area contributed by atoms with Gasteiger partial charge in [-0.25, -0.2) is 9.78 Å². The lowest BCUT2D eigenvalue weighted by Crippen LogP contribution is -2.31. The van der Waals surface area contributed by atoms with Crippen molar-refractivity contribution in [3.05, 3.63) is 53.2 Å². The Labute approximate surface area is 133 Å². The normalized spacial score (nSPS) is 11.9. The van der Waals surface area contributed by atoms with Gasteiger partial charge >= 0.3 is 5.97 Å². The van der Waals surface area contributed by atoms with Gasteiger partial charge in [0.05, 0.1) is 6.61 Å². The van der Waals surface area contributed by atoms with E-state index < -0.39 is 17.9 Å². The third kappa shape index (κ3) is 4.17. The topological polar surface area (TPSA) is 102 Å². The summed E-state index contributed by atoms with van der Waals surface area (Å²) in [5.41, 5.74) is 0.0213. The van der Waals surface area contributed by atoms with Crippen LogP contribution in [0.2, 0.25) is 0 Å². The molecule has 2 aromatic rings. The molecule has 23 heavy (non-hydrogen) atoms. The van der Waals surface area contributed by atoms with E-state index in [0.717, 1.165) is 12.2 Å². The van der Waals surface area contributed by atoms with Crippen molar-refractivity contribution in [3.63, 3.8) is 0 Å². The van der Waals surface area contributed by atoms with Crippen LogP contribution < -0.4 is 5.32 Å². The second kappa shape index (κ2) is 7.55. The summed E-state index contributed by atoms with van der Waals surface area (Å²) in [5.74, 6) is -0.213. The molecule has 0 radical (unpaired) electrons. The highest BCUT2D eigenvalue weighted by molar-refractivity contribution is 5.96. The lowest BCUT2D eigenvalue weighted by atomic mass is 10.1. The molecule has 0 bridgehead atoms. The Morgan fingerprint density at radius 3 is 2.78 bits per heavy atom. The largest absolute Gasteiger partial charge is 0.477 e. The highest BCUT2D eigenvalue weighted by Gasteiger charge is 2.20. The van der Waals surface area contributed by atoms with Crippen molar-refractivity contribution in [2.45, 2.75) is 19.4 Å². The summed E-state index contributed by atoms with van der Waals surface area (Å²) >= 11 is 0. The first-order valence-corrected chi connectivity index (χ1v) is 7.13. The van der Waals surface area contributed by atoms with Crippen LogP contribution in [-0.2, 0) is 11.2 Å². The molecular weight excluding hydrogens is 300 g/mol. The van der Waals surface area contributed by atoms with E-state index in [9.17, 15) is 9.59 Å². The molecule has 2 rings (SSSR count). The first kappa shape index (κ1) is 16.7. The van der Waals surface area contributed by atoms with Gasteiger partial charge in [-0.3, -0.25) is 4.79 Å². The number of nitrogens with one attached hydrogen (secondary N) is 1. The number of ether oxygens (including phenoxy) is 1. The van der Waals surface area contributed by atoms with Crippen LogP contribution in [-0.4, -0.2) is 35.7 Å². The fourth-order valence-corrected chi connectivity index (χ4v) is 2.06. The van der Waals surface area contributed by atoms with E-state index in [4.69, 9.17) is 14.3 Å². The van der Waals surface area contributed by atoms with Crippen LogP contribution in [0.15, 0.2) is 34.9 Å². The number of aryl methyl sites for hydroxylation is 1. The SMILES string of the molecule is CCc1ccc(C(COC)NC(=O)c2ccnc(C(=O)O)c2)o1. The van der Waals surface area contributed by atoms with Crippen molar-refractivity contribution < 1.29 is 23.8 Å². The van der Waals surface area contributed by atoms with Gasteiger partial charge in [-0.2, -0.15) is 0 Å². The minimum absolute atomic E-state index is 0.188. The summed E-state index contributed by atoms with van der Waals surface area (Å²) in [5, 5.41) is 11.7. The Kier molecular flexibility index (Phi) is 5.48. The average Bonchev–Trinajstić information content (AvgIpc) is 3.03. The standard InChI is InChI=1S/C16H18N2O5/c1-3-11-4-5-14(23-11)13(9-22-2)18-15(19)10-6-7-17-12(8-10)16(20)21/h4-8,13H,3,9H2,1-2H3,(H,18,19)(H,20,21). The molecule has 7 heteroatoms. The van der Waals surface area contributed by atoms with Gasteiger partial charge in [-0.15, -0.1) is 0 Å². The smallest absolute Gasteiger partial charge is 0.354 e. The zero-order valence-electron chi connectivity index (χ0n) is 12.9. The number of furan rings is 1. The van der Waals surface area contributed by atoms with E-state index in [1.54, 1.807) is 6.07 Å². The predicted octanol–water partition coefficient (Wildman–Crippen LogP) is 2.05. The molecule has 2 aromatic heterocycles. The van der Waals surface area contributed by atoms with Gasteiger partial charge in [0, 0.05) is 25.3 Å². The second-order valence-corrected chi connectivity index (χ2v) is 4.87. The number of rotatable bonds is 7. The fraction of sp³-hybridized carbons (Fsp3) is 0.312. The molecule has 1 amide bonds. The third-order valence-electron chi connectivity index (χ3n) is 3.25. The number of aromatic nitrogens is 1. The Morgan fingerprint density at radius 1 is 1.39 bits per heavy atom. The van der Waals surface area contributed by atoms with Crippen LogP contribution >= 0.6 is 0 Å². The number of hydrogen-bond donors (Lipinski definition) is 2. The molecule has 0 aliphatic rings. The zero-order chi connectivity index (χ0) is 16.8. The lowest BCUT2D eigenvalue weighted by Gasteiger charge is -2.16. The molecule has 0 aliphatic heterocycles. The van der Waals surface area contributed by atoms with Gasteiger partial charge < -0.3 is 19.6 Å². The molecule has 2 N–H and O–H groups in total. The van der Waals surface area contributed by atoms with E-state index in [1.165, 1.54) is 25.4 Å². The molecular formula is C16H18N2O5. The van der Waals surface area contributed by atoms with Crippen LogP contribution in [0.3, 0.4) is 0 Å². The van der Waals surface area contributed by atoms with E-state index in [1.807, 2.05) is 13.0 Å². The van der Waals surface area contributed by atoms with Gasteiger partial charge in [-0.1, -0.05) is 6.92 Å². The van der Waals surface area contributed by atoms with Crippen LogP contribution in [0.25, 0.3) is 0 Å². The highest BCUT2D eigenvalue weighted by Crippen LogP contribution is 2.18. The third-order valence-corrected chi connectivity index (χ3v) is 3.25. The molecule has 0 aliphatic carbocycles. The number of pyridine rings is 1. The predicted molar refractivity (Wildman–Crippen MR) is 81.4 cm³/mol. The fourth-order valence-electron chi connectivity index (χ4n) is 2.06. The summed E-state index contributed by atoms with van der Waals surface area (Å²) in [7, 11) is 1.53. The Hall–Kier alpha value is -2.67. The van der Waals surface area contributed by atoms with Crippen LogP contribution in [0.4, 0.5) is 0 Å². The molecule has 0 spiro atoms. The number of nitrogens with zero attached hydrogens (tertiary/aromatic N) is 1. The number of carbonyl (C=O) groups is 2. The van der Waals surface area contributed by atoms with Gasteiger partial charge in [0.1, 0.15) is 23.3 Å². The molecule has 0 saturated carbocycles. The summed E-state index contributed by atoms with van der Waals surface area (Å²) in [6.07, 6.45) is 2.03. The Morgan fingerprint density at radius 2 is 2.17 bits per heavy atom. The zero-order valence-corrected chi connectivity index (χ0v) is 12.9. The number of hydrogen-bond acceptors (Lipinski definition) is 5. The van der Waals surface area contributed by atoms with E-state index in [0.29, 0.717) is 5.76 Å². The Balaban J connectivity index is 2.17. The minimum atomic E-state index is -1.19. The van der Waals surface area contributed by atoms with Crippen molar-refractivity contribution in [2.24, 2.45) is 0 Å². The van der Waals surface area contributed by atoms with E-state index in [2.05, 4.69) is 10.3 Å². The molecule has 7 nitrogen and oxygen atoms in total. The molecule has 0 aromatic carbocycles. The van der Waals surface area contributed by atoms with Crippen LogP contribution in [0.1, 0.15) is 45.3 Å². The molecule has 2 heterocycles. The lowest BCUT2D eigenvalue weighted by molar-refractivity contribution is 0.0690. The van der Waals surface area contributed by atoms with Crippen LogP contribution in [0, 0.1) is 0 Å². The Bertz CT molecular complexity index is 695. The molecule has 0 saturated heterocycles. The summed E-state index contributed by atoms with van der Waals surface area (Å²) < 4.78 is 10.8. The van der Waals surface area contributed by atoms with Gasteiger partial charge in [0.2, 0.25) is 0 Å². The monoisotopic (exact) mass is 318 g/mol. The van der Waals surface area contributed by atoms with Crippen molar-refractivity contribution in [1.82, 2.24) is 10.3 Å². The van der Waals surface area contributed by atoms with Crippen molar-refractivity contribution in [2.75, 3.05) is 13.7 Å². The molecule has 1 unspecified atom stereocenters. The maximum absolute atomic E-state index is 12.3. The number of carboxylic acids is 1. The first-order chi connectivity index (χ1) is 11.0. The number of carbonyl (C=O) groups excluding carboxylic acids is 1. The van der Waals surface area contributed by atoms with Gasteiger partial charge in [-0.05, 0) is 24.3 Å². The summed E-state index contributed by atoms with van der Waals surface area (Å²) in [6, 6.07) is 5.85. The first-order valence-electron chi connectivity index (χ1n) is 7.13. The van der Waals surface area contributed by atoms with Crippen LogP contribution in [0.5, 0.6) is 0 Å². The molecule has 1 atom stereocenters. The van der Waals surface area contributed by atoms with E-state index in [-0.39, 0.29) is 17.9 Å². The second-order valence-electron chi connectivity index (χ2n) is 4.87. The summed E-state index contributed by atoms with van der Waals surface area (Å²) in [4.78, 5) is 26.9. The molecule has 122 valence electrons. The maximum atomic E-state index is 12.3. The number of aromatic carboxylic acids is 1. The van der Waals surface area contributed by atoms with Gasteiger partial charge in [0.25, 0.3) is 5.91 Å². The van der Waals surface area contributed by atoms with Crippen molar-refractivity contribution in [1.29, 1.82) is 0 Å². The number of amides is 1. The van der Waals surface area contributed by atoms with Gasteiger partial charge in [0.15, 0.2) is 0 Å². The average molecular weight is 318 g/mol. The van der Waals surface area contributed by atoms with Crippen molar-refractivity contribution >= 4 is 11.9 Å². The molecule has 0 fully saturated rings. The highest BCUT2D eigenvalue weighted by atomic mass is 16.5. The maximum Gasteiger partial charge on any atom is 0.354 e.